The molecule has 1 amide bonds. The van der Waals surface area contributed by atoms with Crippen LogP contribution in [0.2, 0.25) is 0 Å². The zero-order valence-electron chi connectivity index (χ0n) is 17.8. The number of hydrazone groups is 1. The van der Waals surface area contributed by atoms with Crippen molar-refractivity contribution in [3.8, 4) is 5.75 Å². The van der Waals surface area contributed by atoms with Crippen LogP contribution in [0.15, 0.2) is 93.9 Å². The molecule has 164 valence electrons. The monoisotopic (exact) mass is 457 g/mol. The van der Waals surface area contributed by atoms with E-state index in [0.29, 0.717) is 17.2 Å². The molecule has 0 fully saturated rings. The van der Waals surface area contributed by atoms with E-state index in [1.807, 2.05) is 65.7 Å². The lowest BCUT2D eigenvalue weighted by atomic mass is 9.98. The van der Waals surface area contributed by atoms with Crippen molar-refractivity contribution < 1.29 is 13.9 Å². The quantitative estimate of drug-likeness (QED) is 0.462. The number of carbonyl (C=O) groups excluding carboxylic acids is 1. The highest BCUT2D eigenvalue weighted by Gasteiger charge is 2.36. The third kappa shape index (κ3) is 4.45. The van der Waals surface area contributed by atoms with Gasteiger partial charge in [0, 0.05) is 6.42 Å². The summed E-state index contributed by atoms with van der Waals surface area (Å²) >= 11 is 1.05. The number of amides is 1. The average Bonchev–Trinajstić information content (AvgIpc) is 3.44. The van der Waals surface area contributed by atoms with E-state index in [1.165, 1.54) is 12.1 Å². The van der Waals surface area contributed by atoms with Crippen LogP contribution in [0.3, 0.4) is 0 Å². The first-order valence-electron chi connectivity index (χ1n) is 10.4. The summed E-state index contributed by atoms with van der Waals surface area (Å²) in [5, 5.41) is 6.44. The van der Waals surface area contributed by atoms with Crippen LogP contribution < -0.4 is 4.74 Å². The molecule has 2 aliphatic heterocycles. The van der Waals surface area contributed by atoms with Gasteiger partial charge in [0.15, 0.2) is 5.84 Å². The first kappa shape index (κ1) is 21.2. The second kappa shape index (κ2) is 9.03. The molecule has 3 aromatic rings. The Hall–Kier alpha value is -3.71. The van der Waals surface area contributed by atoms with Crippen LogP contribution in [-0.2, 0) is 0 Å². The summed E-state index contributed by atoms with van der Waals surface area (Å²) in [5.41, 5.74) is 3.78. The summed E-state index contributed by atoms with van der Waals surface area (Å²) in [6.45, 7) is 0. The molecular formula is C26H20FN3O2S. The molecule has 0 spiro atoms. The maximum atomic E-state index is 13.3. The summed E-state index contributed by atoms with van der Waals surface area (Å²) in [6.07, 6.45) is 2.51. The van der Waals surface area contributed by atoms with Gasteiger partial charge < -0.3 is 4.74 Å². The Balaban J connectivity index is 1.55. The predicted molar refractivity (Wildman–Crippen MR) is 130 cm³/mol. The Morgan fingerprint density at radius 3 is 2.45 bits per heavy atom. The zero-order chi connectivity index (χ0) is 22.8. The number of hydrogen-bond donors (Lipinski definition) is 0. The predicted octanol–water partition coefficient (Wildman–Crippen LogP) is 6.29. The smallest absolute Gasteiger partial charge is 0.311 e. The van der Waals surface area contributed by atoms with Crippen molar-refractivity contribution in [3.05, 3.63) is 106 Å². The Morgan fingerprint density at radius 1 is 1.03 bits per heavy atom. The third-order valence-electron chi connectivity index (χ3n) is 5.52. The number of hydrogen-bond acceptors (Lipinski definition) is 5. The zero-order valence-corrected chi connectivity index (χ0v) is 18.6. The topological polar surface area (TPSA) is 54.3 Å². The van der Waals surface area contributed by atoms with E-state index < -0.39 is 0 Å². The maximum absolute atomic E-state index is 13.3. The molecule has 5 nitrogen and oxygen atoms in total. The lowest BCUT2D eigenvalue weighted by Crippen LogP contribution is -2.26. The van der Waals surface area contributed by atoms with Gasteiger partial charge in [-0.3, -0.25) is 4.79 Å². The molecule has 0 radical (unpaired) electrons. The van der Waals surface area contributed by atoms with Gasteiger partial charge in [-0.15, -0.1) is 0 Å². The largest absolute Gasteiger partial charge is 0.497 e. The van der Waals surface area contributed by atoms with Gasteiger partial charge in [0.2, 0.25) is 0 Å². The van der Waals surface area contributed by atoms with Gasteiger partial charge in [-0.25, -0.2) is 9.40 Å². The second-order valence-electron chi connectivity index (χ2n) is 7.61. The number of aliphatic imine (C=N–C) groups is 1. The molecule has 2 heterocycles. The van der Waals surface area contributed by atoms with Gasteiger partial charge in [-0.2, -0.15) is 10.1 Å². The molecule has 0 saturated heterocycles. The van der Waals surface area contributed by atoms with Gasteiger partial charge in [0.05, 0.1) is 23.8 Å². The summed E-state index contributed by atoms with van der Waals surface area (Å²) in [7, 11) is 1.64. The molecule has 7 heteroatoms. The summed E-state index contributed by atoms with van der Waals surface area (Å²) in [6, 6.07) is 23.8. The Morgan fingerprint density at radius 2 is 1.76 bits per heavy atom. The number of thioether (sulfide) groups is 1. The van der Waals surface area contributed by atoms with Gasteiger partial charge in [0.1, 0.15) is 11.6 Å². The molecule has 0 N–H and O–H groups in total. The van der Waals surface area contributed by atoms with E-state index in [0.717, 1.165) is 39.9 Å². The standard InChI is InChI=1S/C26H20FN3O2S/c1-32-21-13-9-19(10-14-21)23-16-22(18-5-3-2-4-6-18)29-30(23)25-24(33-26(31)28-25)15-17-7-11-20(27)12-8-17/h2-15,23H,16H2,1H3/b24-15-. The lowest BCUT2D eigenvalue weighted by molar-refractivity contribution is 0.267. The highest BCUT2D eigenvalue weighted by atomic mass is 32.2. The van der Waals surface area contributed by atoms with E-state index in [2.05, 4.69) is 4.99 Å². The van der Waals surface area contributed by atoms with Crippen molar-refractivity contribution >= 4 is 34.6 Å². The Kier molecular flexibility index (Phi) is 5.79. The SMILES string of the molecule is COc1ccc(C2CC(c3ccccc3)=NN2C2=NC(=O)S/C2=C\c2ccc(F)cc2)cc1. The molecular weight excluding hydrogens is 437 g/mol. The summed E-state index contributed by atoms with van der Waals surface area (Å²) < 4.78 is 18.6. The third-order valence-corrected chi connectivity index (χ3v) is 6.30. The van der Waals surface area contributed by atoms with Crippen molar-refractivity contribution in [2.45, 2.75) is 12.5 Å². The minimum absolute atomic E-state index is 0.131. The first-order valence-corrected chi connectivity index (χ1v) is 11.3. The van der Waals surface area contributed by atoms with Gasteiger partial charge in [-0.1, -0.05) is 54.6 Å². The molecule has 0 aromatic heterocycles. The summed E-state index contributed by atoms with van der Waals surface area (Å²) in [4.78, 5) is 17.3. The summed E-state index contributed by atoms with van der Waals surface area (Å²) in [5.74, 6) is 0.965. The average molecular weight is 458 g/mol. The molecule has 0 bridgehead atoms. The van der Waals surface area contributed by atoms with Crippen molar-refractivity contribution in [1.82, 2.24) is 5.01 Å². The first-order chi connectivity index (χ1) is 16.1. The van der Waals surface area contributed by atoms with Gasteiger partial charge in [-0.05, 0) is 58.8 Å². The number of carbonyl (C=O) groups is 1. The molecule has 0 aliphatic carbocycles. The van der Waals surface area contributed by atoms with Crippen LogP contribution in [0, 0.1) is 5.82 Å². The van der Waals surface area contributed by atoms with Crippen LogP contribution in [0.1, 0.15) is 29.2 Å². The Bertz CT molecular complexity index is 1270. The Labute approximate surface area is 195 Å². The van der Waals surface area contributed by atoms with Crippen LogP contribution in [0.25, 0.3) is 6.08 Å². The molecule has 3 aromatic carbocycles. The molecule has 1 unspecified atom stereocenters. The number of halogens is 1. The minimum Gasteiger partial charge on any atom is -0.497 e. The van der Waals surface area contributed by atoms with E-state index >= 15 is 0 Å². The molecule has 2 aliphatic rings. The maximum Gasteiger partial charge on any atom is 0.311 e. The van der Waals surface area contributed by atoms with Crippen molar-refractivity contribution in [1.29, 1.82) is 0 Å². The number of amidine groups is 1. The molecule has 33 heavy (non-hydrogen) atoms. The number of benzene rings is 3. The lowest BCUT2D eigenvalue weighted by Gasteiger charge is -2.24. The van der Waals surface area contributed by atoms with E-state index in [-0.39, 0.29) is 17.1 Å². The number of rotatable bonds is 4. The van der Waals surface area contributed by atoms with Crippen molar-refractivity contribution in [2.24, 2.45) is 10.1 Å². The van der Waals surface area contributed by atoms with Gasteiger partial charge >= 0.3 is 5.24 Å². The fourth-order valence-corrected chi connectivity index (χ4v) is 4.61. The number of ether oxygens (including phenoxy) is 1. The number of methoxy groups -OCH3 is 1. The fraction of sp³-hybridized carbons (Fsp3) is 0.115. The number of nitrogens with zero attached hydrogens (tertiary/aromatic N) is 3. The highest BCUT2D eigenvalue weighted by Crippen LogP contribution is 2.39. The van der Waals surface area contributed by atoms with Crippen LogP contribution >= 0.6 is 11.8 Å². The van der Waals surface area contributed by atoms with Crippen molar-refractivity contribution in [3.63, 3.8) is 0 Å². The van der Waals surface area contributed by atoms with Crippen LogP contribution in [0.4, 0.5) is 9.18 Å². The van der Waals surface area contributed by atoms with Crippen LogP contribution in [-0.4, -0.2) is 28.9 Å². The molecule has 5 rings (SSSR count). The molecule has 1 atom stereocenters. The van der Waals surface area contributed by atoms with E-state index in [4.69, 9.17) is 9.84 Å². The fourth-order valence-electron chi connectivity index (χ4n) is 3.87. The van der Waals surface area contributed by atoms with Gasteiger partial charge in [0.25, 0.3) is 0 Å². The van der Waals surface area contributed by atoms with E-state index in [1.54, 1.807) is 19.2 Å². The normalized spacial score (nSPS) is 19.1. The molecule has 0 saturated carbocycles. The van der Waals surface area contributed by atoms with Crippen molar-refractivity contribution in [2.75, 3.05) is 7.11 Å². The van der Waals surface area contributed by atoms with Crippen LogP contribution in [0.5, 0.6) is 5.75 Å². The highest BCUT2D eigenvalue weighted by molar-refractivity contribution is 8.18. The minimum atomic E-state index is -0.308. The second-order valence-corrected chi connectivity index (χ2v) is 8.61. The van der Waals surface area contributed by atoms with E-state index in [9.17, 15) is 9.18 Å².